The highest BCUT2D eigenvalue weighted by atomic mass is 16.6. The molecule has 9 nitrogen and oxygen atoms in total. The molecule has 1 aliphatic heterocycles. The van der Waals surface area contributed by atoms with Crippen molar-refractivity contribution >= 4 is 22.8 Å². The highest BCUT2D eigenvalue weighted by Gasteiger charge is 2.28. The number of pyridine rings is 1. The van der Waals surface area contributed by atoms with Gasteiger partial charge in [0, 0.05) is 44.3 Å². The van der Waals surface area contributed by atoms with Crippen LogP contribution >= 0.6 is 0 Å². The third kappa shape index (κ3) is 5.72. The standard InChI is InChI=1S/C25H31N5O4/c1-25(2,3)34-24(31)30-12-13-32-19(15-30)16-33-23-22-21(26-10-11-27-22)14-20(28-23)17-6-8-18(9-7-17)29(4)5/h6-11,14,19H,12-13,15-16H2,1-5H3/t19-/m0/s1. The fraction of sp³-hybridized carbons (Fsp3) is 0.440. The number of aromatic nitrogens is 3. The SMILES string of the molecule is CN(C)c1ccc(-c2cc3nccnc3c(OC[C@@H]3CN(C(=O)OC(C)(C)C)CCO3)n2)cc1. The van der Waals surface area contributed by atoms with Crippen LogP contribution in [0.1, 0.15) is 20.8 Å². The smallest absolute Gasteiger partial charge is 0.410 e. The molecule has 3 heterocycles. The van der Waals surface area contributed by atoms with Gasteiger partial charge in [-0.15, -0.1) is 0 Å². The van der Waals surface area contributed by atoms with Crippen LogP contribution in [0.3, 0.4) is 0 Å². The summed E-state index contributed by atoms with van der Waals surface area (Å²) < 4.78 is 17.4. The van der Waals surface area contributed by atoms with Crippen LogP contribution in [-0.4, -0.2) is 78.0 Å². The molecule has 1 atom stereocenters. The summed E-state index contributed by atoms with van der Waals surface area (Å²) in [4.78, 5) is 29.7. The molecule has 3 aromatic rings. The van der Waals surface area contributed by atoms with E-state index in [1.165, 1.54) is 0 Å². The number of hydrogen-bond acceptors (Lipinski definition) is 8. The average molecular weight is 466 g/mol. The van der Waals surface area contributed by atoms with Crippen LogP contribution in [0.25, 0.3) is 22.3 Å². The predicted molar refractivity (Wildman–Crippen MR) is 130 cm³/mol. The fourth-order valence-electron chi connectivity index (χ4n) is 3.61. The quantitative estimate of drug-likeness (QED) is 0.563. The Kier molecular flexibility index (Phi) is 6.83. The van der Waals surface area contributed by atoms with E-state index >= 15 is 0 Å². The van der Waals surface area contributed by atoms with E-state index in [2.05, 4.69) is 9.97 Å². The minimum atomic E-state index is -0.548. The summed E-state index contributed by atoms with van der Waals surface area (Å²) in [5.74, 6) is 0.385. The number of carbonyl (C=O) groups excluding carboxylic acids is 1. The van der Waals surface area contributed by atoms with Gasteiger partial charge in [0.15, 0.2) is 5.52 Å². The van der Waals surface area contributed by atoms with Crippen LogP contribution in [0.5, 0.6) is 5.88 Å². The number of benzene rings is 1. The monoisotopic (exact) mass is 465 g/mol. The number of nitrogens with zero attached hydrogens (tertiary/aromatic N) is 5. The van der Waals surface area contributed by atoms with E-state index in [4.69, 9.17) is 19.2 Å². The predicted octanol–water partition coefficient (Wildman–Crippen LogP) is 3.77. The first-order chi connectivity index (χ1) is 16.2. The third-order valence-corrected chi connectivity index (χ3v) is 5.30. The molecule has 2 aromatic heterocycles. The molecule has 0 saturated carbocycles. The maximum Gasteiger partial charge on any atom is 0.410 e. The molecule has 180 valence electrons. The number of hydrogen-bond donors (Lipinski definition) is 0. The zero-order valence-electron chi connectivity index (χ0n) is 20.3. The molecule has 1 aromatic carbocycles. The van der Waals surface area contributed by atoms with Gasteiger partial charge in [-0.3, -0.25) is 4.98 Å². The molecule has 4 rings (SSSR count). The Hall–Kier alpha value is -3.46. The van der Waals surface area contributed by atoms with Crippen LogP contribution in [0.4, 0.5) is 10.5 Å². The Labute approximate surface area is 199 Å². The van der Waals surface area contributed by atoms with E-state index in [0.717, 1.165) is 16.9 Å². The van der Waals surface area contributed by atoms with E-state index < -0.39 is 5.60 Å². The van der Waals surface area contributed by atoms with Crippen molar-refractivity contribution in [2.24, 2.45) is 0 Å². The lowest BCUT2D eigenvalue weighted by Gasteiger charge is -2.34. The molecule has 0 aliphatic carbocycles. The number of fused-ring (bicyclic) bond motifs is 1. The summed E-state index contributed by atoms with van der Waals surface area (Å²) in [6.07, 6.45) is 2.61. The molecule has 34 heavy (non-hydrogen) atoms. The summed E-state index contributed by atoms with van der Waals surface area (Å²) in [5.41, 5.74) is 3.52. The Morgan fingerprint density at radius 2 is 1.91 bits per heavy atom. The first kappa shape index (κ1) is 23.7. The number of ether oxygens (including phenoxy) is 3. The van der Waals surface area contributed by atoms with Crippen molar-refractivity contribution in [1.29, 1.82) is 0 Å². The Morgan fingerprint density at radius 1 is 1.18 bits per heavy atom. The second kappa shape index (κ2) is 9.80. The highest BCUT2D eigenvalue weighted by molar-refractivity contribution is 5.83. The molecule has 0 radical (unpaired) electrons. The zero-order valence-corrected chi connectivity index (χ0v) is 20.3. The van der Waals surface area contributed by atoms with Gasteiger partial charge in [-0.05, 0) is 39.0 Å². The number of morpholine rings is 1. The lowest BCUT2D eigenvalue weighted by atomic mass is 10.1. The molecule has 0 unspecified atom stereocenters. The summed E-state index contributed by atoms with van der Waals surface area (Å²) in [5, 5.41) is 0. The molecule has 0 N–H and O–H groups in total. The molecule has 0 bridgehead atoms. The second-order valence-electron chi connectivity index (χ2n) is 9.41. The molecular formula is C25H31N5O4. The van der Waals surface area contributed by atoms with Crippen molar-refractivity contribution in [2.75, 3.05) is 45.3 Å². The first-order valence-electron chi connectivity index (χ1n) is 11.3. The van der Waals surface area contributed by atoms with Crippen molar-refractivity contribution in [3.05, 3.63) is 42.7 Å². The second-order valence-corrected chi connectivity index (χ2v) is 9.41. The molecular weight excluding hydrogens is 434 g/mol. The van der Waals surface area contributed by atoms with Crippen LogP contribution < -0.4 is 9.64 Å². The number of rotatable bonds is 5. The van der Waals surface area contributed by atoms with Gasteiger partial charge in [0.05, 0.1) is 24.4 Å². The summed E-state index contributed by atoms with van der Waals surface area (Å²) in [6.45, 7) is 7.06. The van der Waals surface area contributed by atoms with Crippen molar-refractivity contribution in [1.82, 2.24) is 19.9 Å². The Bertz CT molecular complexity index is 1140. The normalized spacial score (nSPS) is 16.4. The van der Waals surface area contributed by atoms with E-state index in [1.54, 1.807) is 17.3 Å². The van der Waals surface area contributed by atoms with Gasteiger partial charge in [0.2, 0.25) is 5.88 Å². The molecule has 1 aliphatic rings. The minimum absolute atomic E-state index is 0.223. The molecule has 1 amide bonds. The largest absolute Gasteiger partial charge is 0.473 e. The molecule has 9 heteroatoms. The Balaban J connectivity index is 1.52. The van der Waals surface area contributed by atoms with Crippen molar-refractivity contribution in [3.8, 4) is 17.1 Å². The van der Waals surface area contributed by atoms with Crippen LogP contribution in [0.2, 0.25) is 0 Å². The summed E-state index contributed by atoms with van der Waals surface area (Å²) in [6, 6.07) is 10.0. The van der Waals surface area contributed by atoms with Gasteiger partial charge in [0.25, 0.3) is 0 Å². The van der Waals surface area contributed by atoms with Crippen LogP contribution in [0, 0.1) is 0 Å². The topological polar surface area (TPSA) is 89.9 Å². The van der Waals surface area contributed by atoms with Crippen molar-refractivity contribution in [2.45, 2.75) is 32.5 Å². The lowest BCUT2D eigenvalue weighted by Crippen LogP contribution is -2.49. The van der Waals surface area contributed by atoms with Crippen molar-refractivity contribution < 1.29 is 19.0 Å². The molecule has 0 spiro atoms. The van der Waals surface area contributed by atoms with E-state index in [0.29, 0.717) is 36.6 Å². The average Bonchev–Trinajstić information content (AvgIpc) is 2.81. The van der Waals surface area contributed by atoms with Gasteiger partial charge >= 0.3 is 6.09 Å². The maximum absolute atomic E-state index is 12.4. The maximum atomic E-state index is 12.4. The number of carbonyl (C=O) groups is 1. The van der Waals surface area contributed by atoms with Gasteiger partial charge < -0.3 is 24.0 Å². The van der Waals surface area contributed by atoms with Gasteiger partial charge in [-0.25, -0.2) is 14.8 Å². The van der Waals surface area contributed by atoms with E-state index in [9.17, 15) is 4.79 Å². The van der Waals surface area contributed by atoms with E-state index in [1.807, 2.05) is 70.1 Å². The fourth-order valence-corrected chi connectivity index (χ4v) is 3.61. The highest BCUT2D eigenvalue weighted by Crippen LogP contribution is 2.28. The first-order valence-corrected chi connectivity index (χ1v) is 11.3. The lowest BCUT2D eigenvalue weighted by molar-refractivity contribution is -0.0559. The van der Waals surface area contributed by atoms with Gasteiger partial charge in [-0.1, -0.05) is 12.1 Å². The number of anilines is 1. The van der Waals surface area contributed by atoms with E-state index in [-0.39, 0.29) is 18.8 Å². The Morgan fingerprint density at radius 3 is 2.62 bits per heavy atom. The molecule has 1 saturated heterocycles. The third-order valence-electron chi connectivity index (χ3n) is 5.30. The minimum Gasteiger partial charge on any atom is -0.473 e. The zero-order chi connectivity index (χ0) is 24.3. The molecule has 1 fully saturated rings. The summed E-state index contributed by atoms with van der Waals surface area (Å²) >= 11 is 0. The van der Waals surface area contributed by atoms with Gasteiger partial charge in [0.1, 0.15) is 18.3 Å². The van der Waals surface area contributed by atoms with Crippen LogP contribution in [-0.2, 0) is 9.47 Å². The number of amides is 1. The van der Waals surface area contributed by atoms with Crippen molar-refractivity contribution in [3.63, 3.8) is 0 Å². The van der Waals surface area contributed by atoms with Crippen LogP contribution in [0.15, 0.2) is 42.7 Å². The van der Waals surface area contributed by atoms with Gasteiger partial charge in [-0.2, -0.15) is 0 Å². The summed E-state index contributed by atoms with van der Waals surface area (Å²) in [7, 11) is 4.00.